The maximum absolute atomic E-state index is 5.10. The van der Waals surface area contributed by atoms with Crippen LogP contribution in [-0.4, -0.2) is 4.57 Å². The molecule has 0 aliphatic rings. The fraction of sp³-hybridized carbons (Fsp3) is 0.444. The van der Waals surface area contributed by atoms with Crippen LogP contribution in [0.1, 0.15) is 101 Å². The van der Waals surface area contributed by atoms with Gasteiger partial charge in [-0.25, -0.2) is 0 Å². The summed E-state index contributed by atoms with van der Waals surface area (Å²) in [6.07, 6.45) is 4.52. The molecule has 0 fully saturated rings. The van der Waals surface area contributed by atoms with Gasteiger partial charge in [0.1, 0.15) is 23.8 Å². The number of imidazole rings is 1. The minimum absolute atomic E-state index is 0.0322. The van der Waals surface area contributed by atoms with E-state index in [0.29, 0.717) is 23.7 Å². The van der Waals surface area contributed by atoms with Gasteiger partial charge in [0.05, 0.1) is 0 Å². The Labute approximate surface area is 246 Å². The van der Waals surface area contributed by atoms with Crippen LogP contribution in [0.2, 0.25) is 0 Å². The van der Waals surface area contributed by atoms with Gasteiger partial charge in [-0.05, 0) is 23.7 Å². The molecule has 0 N–H and O–H groups in total. The van der Waals surface area contributed by atoms with Crippen LogP contribution in [0, 0.1) is 0 Å². The first kappa shape index (κ1) is 30.7. The molecule has 0 atom stereocenters. The molecule has 0 bridgehead atoms. The molecule has 0 aliphatic heterocycles. The number of halogens is 4. The van der Waals surface area contributed by atoms with Crippen LogP contribution in [-0.2, 0) is 0 Å². The van der Waals surface area contributed by atoms with Crippen molar-refractivity contribution in [3.63, 3.8) is 0 Å². The summed E-state index contributed by atoms with van der Waals surface area (Å²) < 4.78 is 4.84. The SMILES string of the molecule is CC(C)c1cccc(C(C)C)c1-n1cc[n+](-c2c(C(C)C)cccc2C(C)C)c1SI.Cl[I-]I. The van der Waals surface area contributed by atoms with E-state index in [2.05, 4.69) is 153 Å². The maximum atomic E-state index is 5.10. The van der Waals surface area contributed by atoms with Crippen molar-refractivity contribution in [2.75, 3.05) is 0 Å². The van der Waals surface area contributed by atoms with Crippen molar-refractivity contribution in [1.82, 2.24) is 4.57 Å². The zero-order valence-electron chi connectivity index (χ0n) is 21.2. The third-order valence-corrected chi connectivity index (χ3v) is 7.73. The normalized spacial score (nSPS) is 11.6. The second kappa shape index (κ2) is 14.4. The van der Waals surface area contributed by atoms with Gasteiger partial charge in [-0.15, -0.1) is 0 Å². The van der Waals surface area contributed by atoms with E-state index in [1.165, 1.54) is 38.8 Å². The fourth-order valence-corrected chi connectivity index (χ4v) is 6.10. The fourth-order valence-electron chi connectivity index (χ4n) is 4.37. The average molecular weight is 837 g/mol. The van der Waals surface area contributed by atoms with Gasteiger partial charge in [0.15, 0.2) is 0 Å². The van der Waals surface area contributed by atoms with Crippen molar-refractivity contribution >= 4 is 57.7 Å². The first-order valence-corrected chi connectivity index (χ1v) is 24.0. The Hall–Kier alpha value is 0.480. The molecule has 7 heteroatoms. The number of hydrogen-bond donors (Lipinski definition) is 0. The van der Waals surface area contributed by atoms with Crippen molar-refractivity contribution in [1.29, 1.82) is 0 Å². The Bertz CT molecular complexity index is 944. The van der Waals surface area contributed by atoms with Gasteiger partial charge in [0, 0.05) is 52.4 Å². The van der Waals surface area contributed by atoms with Crippen LogP contribution in [0.4, 0.5) is 0 Å². The third kappa shape index (κ3) is 7.07. The molecule has 1 aromatic heterocycles. The van der Waals surface area contributed by atoms with Gasteiger partial charge < -0.3 is 0 Å². The molecule has 0 unspecified atom stereocenters. The molecule has 0 saturated heterocycles. The molecule has 0 saturated carbocycles. The summed E-state index contributed by atoms with van der Waals surface area (Å²) in [5.74, 6) is 1.85. The summed E-state index contributed by atoms with van der Waals surface area (Å²) >= 11 is 4.64. The zero-order valence-corrected chi connectivity index (χ0v) is 29.3. The number of benzene rings is 2. The first-order valence-electron chi connectivity index (χ1n) is 11.6. The van der Waals surface area contributed by atoms with E-state index in [9.17, 15) is 0 Å². The van der Waals surface area contributed by atoms with Gasteiger partial charge in [-0.2, -0.15) is 9.13 Å². The van der Waals surface area contributed by atoms with Crippen LogP contribution in [0.5, 0.6) is 0 Å². The third-order valence-electron chi connectivity index (χ3n) is 6.01. The van der Waals surface area contributed by atoms with Crippen LogP contribution in [0.15, 0.2) is 53.9 Å². The van der Waals surface area contributed by atoms with E-state index < -0.39 is 0 Å². The molecule has 0 spiro atoms. The molecule has 2 aromatic carbocycles. The summed E-state index contributed by atoms with van der Waals surface area (Å²) in [7, 11) is 6.89. The molecular weight excluding hydrogens is 801 g/mol. The Morgan fingerprint density at radius 2 is 1.18 bits per heavy atom. The van der Waals surface area contributed by atoms with Crippen LogP contribution >= 0.6 is 57.7 Å². The van der Waals surface area contributed by atoms with Crippen molar-refractivity contribution in [2.45, 2.75) is 84.2 Å². The number of hydrogen-bond acceptors (Lipinski definition) is 1. The van der Waals surface area contributed by atoms with E-state index in [0.717, 1.165) is 0 Å². The van der Waals surface area contributed by atoms with Crippen molar-refractivity contribution in [3.8, 4) is 11.4 Å². The van der Waals surface area contributed by atoms with Gasteiger partial charge in [-0.3, -0.25) is 0 Å². The van der Waals surface area contributed by atoms with E-state index in [4.69, 9.17) is 8.91 Å². The number of rotatable bonds is 7. The summed E-state index contributed by atoms with van der Waals surface area (Å²) in [4.78, 5) is 0. The quantitative estimate of drug-likeness (QED) is 0.180. The topological polar surface area (TPSA) is 8.81 Å². The Morgan fingerprint density at radius 3 is 1.53 bits per heavy atom. The number of nitrogens with zero attached hydrogens (tertiary/aromatic N) is 2. The summed E-state index contributed by atoms with van der Waals surface area (Å²) in [5.41, 5.74) is 8.31. The Balaban J connectivity index is 0.00000129. The zero-order chi connectivity index (χ0) is 25.6. The van der Waals surface area contributed by atoms with Gasteiger partial charge in [0.25, 0.3) is 0 Å². The summed E-state index contributed by atoms with van der Waals surface area (Å²) in [6.45, 7) is 18.4. The van der Waals surface area contributed by atoms with E-state index in [1.807, 2.05) is 0 Å². The van der Waals surface area contributed by atoms with E-state index in [-0.39, 0.29) is 16.1 Å². The number of aromatic nitrogens is 2. The summed E-state index contributed by atoms with van der Waals surface area (Å²) in [5, 5.41) is 1.24. The molecule has 0 radical (unpaired) electrons. The second-order valence-corrected chi connectivity index (χ2v) is 18.7. The average Bonchev–Trinajstić information content (AvgIpc) is 3.21. The van der Waals surface area contributed by atoms with Crippen molar-refractivity contribution in [3.05, 3.63) is 71.0 Å². The second-order valence-electron chi connectivity index (χ2n) is 9.64. The molecule has 3 rings (SSSR count). The summed E-state index contributed by atoms with van der Waals surface area (Å²) in [6, 6.07) is 13.6. The van der Waals surface area contributed by atoms with Crippen molar-refractivity contribution < 1.29 is 20.7 Å². The van der Waals surface area contributed by atoms with Crippen LogP contribution in [0.3, 0.4) is 0 Å². The molecule has 2 nitrogen and oxygen atoms in total. The predicted molar refractivity (Wildman–Crippen MR) is 163 cm³/mol. The molecule has 0 aliphatic carbocycles. The van der Waals surface area contributed by atoms with Crippen LogP contribution < -0.4 is 20.7 Å². The van der Waals surface area contributed by atoms with Gasteiger partial charge in [0.2, 0.25) is 0 Å². The van der Waals surface area contributed by atoms with Gasteiger partial charge in [-0.1, -0.05) is 91.8 Å². The minimum atomic E-state index is 0.0322. The van der Waals surface area contributed by atoms with Gasteiger partial charge >= 0.3 is 48.8 Å². The Morgan fingerprint density at radius 1 is 0.794 bits per heavy atom. The van der Waals surface area contributed by atoms with Crippen LogP contribution in [0.25, 0.3) is 11.4 Å². The molecular formula is C27H36ClI3N2S. The predicted octanol–water partition coefficient (Wildman–Crippen LogP) is 7.27. The monoisotopic (exact) mass is 836 g/mol. The molecule has 3 aromatic rings. The van der Waals surface area contributed by atoms with E-state index >= 15 is 0 Å². The molecule has 1 heterocycles. The molecule has 0 amide bonds. The number of para-hydroxylation sites is 2. The van der Waals surface area contributed by atoms with Crippen molar-refractivity contribution in [2.24, 2.45) is 0 Å². The molecule has 188 valence electrons. The molecule has 34 heavy (non-hydrogen) atoms. The van der Waals surface area contributed by atoms with E-state index in [1.54, 1.807) is 8.93 Å². The first-order chi connectivity index (χ1) is 16.1. The standard InChI is InChI=1S/C27H36IN2S.ClI2/c1-17(2)21-11-9-12-22(18(3)4)25(21)29-15-16-30(27(29)31-28)26-23(19(5)6)13-10-14-24(26)20(7)8;1-3-2/h9-20H,1-8H3;/q+1;-1. The Kier molecular flexibility index (Phi) is 13.0.